The molecule has 0 aromatic heterocycles. The molecule has 1 saturated heterocycles. The van der Waals surface area contributed by atoms with Crippen molar-refractivity contribution in [3.8, 4) is 5.75 Å². The molecule has 1 N–H and O–H groups in total. The maximum absolute atomic E-state index is 13.1. The number of hydrogen-bond donors (Lipinski definition) is 1. The second-order valence-electron chi connectivity index (χ2n) is 8.37. The summed E-state index contributed by atoms with van der Waals surface area (Å²) in [4.78, 5) is 40.2. The van der Waals surface area contributed by atoms with Crippen LogP contribution in [0.5, 0.6) is 5.75 Å². The van der Waals surface area contributed by atoms with Crippen LogP contribution in [-0.2, 0) is 9.59 Å². The van der Waals surface area contributed by atoms with Crippen LogP contribution in [0, 0.1) is 10.1 Å². The van der Waals surface area contributed by atoms with Crippen molar-refractivity contribution in [2.24, 2.45) is 0 Å². The third-order valence-electron chi connectivity index (χ3n) is 5.54. The molecule has 1 amide bonds. The van der Waals surface area contributed by atoms with Crippen LogP contribution in [0.4, 0.5) is 5.69 Å². The average Bonchev–Trinajstić information content (AvgIpc) is 3.07. The summed E-state index contributed by atoms with van der Waals surface area (Å²) in [5, 5.41) is 22.5. The summed E-state index contributed by atoms with van der Waals surface area (Å²) >= 11 is 0. The van der Waals surface area contributed by atoms with Crippen molar-refractivity contribution in [3.63, 3.8) is 0 Å². The fourth-order valence-electron chi connectivity index (χ4n) is 3.91. The molecule has 180 valence electrons. The Labute approximate surface area is 198 Å². The van der Waals surface area contributed by atoms with Gasteiger partial charge in [0.25, 0.3) is 17.4 Å². The van der Waals surface area contributed by atoms with E-state index in [1.165, 1.54) is 23.1 Å². The third-order valence-corrected chi connectivity index (χ3v) is 5.54. The molecule has 1 heterocycles. The summed E-state index contributed by atoms with van der Waals surface area (Å²) in [6.07, 6.45) is 1.44. The van der Waals surface area contributed by atoms with Crippen molar-refractivity contribution in [2.45, 2.75) is 25.8 Å². The number of aliphatic hydroxyl groups is 1. The van der Waals surface area contributed by atoms with Gasteiger partial charge in [0, 0.05) is 24.2 Å². The van der Waals surface area contributed by atoms with Crippen LogP contribution in [-0.4, -0.2) is 65.3 Å². The molecule has 0 unspecified atom stereocenters. The molecule has 1 aliphatic rings. The number of likely N-dealkylation sites (tertiary alicyclic amines) is 1. The molecule has 1 atom stereocenters. The number of nitro benzene ring substituents is 1. The first-order valence-electron chi connectivity index (χ1n) is 11.1. The number of hydrogen-bond acceptors (Lipinski definition) is 7. The number of benzene rings is 2. The summed E-state index contributed by atoms with van der Waals surface area (Å²) in [7, 11) is 3.81. The summed E-state index contributed by atoms with van der Waals surface area (Å²) in [5.74, 6) is -1.25. The second-order valence-corrected chi connectivity index (χ2v) is 8.37. The minimum absolute atomic E-state index is 0.0856. The third kappa shape index (κ3) is 5.43. The van der Waals surface area contributed by atoms with E-state index in [1.807, 2.05) is 25.9 Å². The number of Topliss-reactive ketones (excluding diaryl/α,β-unsaturated/α-hetero) is 1. The van der Waals surface area contributed by atoms with E-state index in [1.54, 1.807) is 30.3 Å². The Balaban J connectivity index is 2.07. The number of rotatable bonds is 10. The lowest BCUT2D eigenvalue weighted by molar-refractivity contribution is -0.384. The van der Waals surface area contributed by atoms with Gasteiger partial charge in [-0.25, -0.2) is 0 Å². The minimum atomic E-state index is -0.932. The van der Waals surface area contributed by atoms with Crippen molar-refractivity contribution >= 4 is 23.1 Å². The van der Waals surface area contributed by atoms with Crippen molar-refractivity contribution in [2.75, 3.05) is 33.8 Å². The smallest absolute Gasteiger partial charge is 0.295 e. The Bertz CT molecular complexity index is 1090. The maximum atomic E-state index is 13.1. The van der Waals surface area contributed by atoms with E-state index in [0.29, 0.717) is 36.4 Å². The number of carbonyl (C=O) groups excluding carboxylic acids is 2. The molecule has 2 aromatic rings. The van der Waals surface area contributed by atoms with Crippen LogP contribution in [0.25, 0.3) is 5.76 Å². The molecule has 3 rings (SSSR count). The van der Waals surface area contributed by atoms with Crippen LogP contribution in [0.15, 0.2) is 54.1 Å². The number of ketones is 1. The molecule has 34 heavy (non-hydrogen) atoms. The maximum Gasteiger partial charge on any atom is 0.295 e. The highest BCUT2D eigenvalue weighted by atomic mass is 16.6. The molecule has 0 saturated carbocycles. The van der Waals surface area contributed by atoms with Crippen LogP contribution in [0.2, 0.25) is 0 Å². The van der Waals surface area contributed by atoms with Crippen molar-refractivity contribution in [3.05, 3.63) is 75.3 Å². The van der Waals surface area contributed by atoms with Crippen LogP contribution < -0.4 is 4.74 Å². The predicted octanol–water partition coefficient (Wildman–Crippen LogP) is 3.76. The fraction of sp³-hybridized carbons (Fsp3) is 0.360. The summed E-state index contributed by atoms with van der Waals surface area (Å²) in [6, 6.07) is 11.5. The van der Waals surface area contributed by atoms with Gasteiger partial charge in [-0.3, -0.25) is 19.7 Å². The standard InChI is InChI=1S/C25H29N3O6/c1-4-15-34-20-11-9-17(10-12-20)23(29)21-22(18-7-5-8-19(16-18)28(32)33)27(25(31)24(21)30)14-6-13-26(2)3/h5,7-12,16,22,29H,4,6,13-15H2,1-3H3/b23-21+/t22-/m0/s1. The SMILES string of the molecule is CCCOc1ccc(/C(O)=C2\C(=O)C(=O)N(CCCN(C)C)[C@H]2c2cccc([N+](=O)[O-])c2)cc1. The minimum Gasteiger partial charge on any atom is -0.507 e. The topological polar surface area (TPSA) is 113 Å². The molecule has 9 heteroatoms. The zero-order valence-corrected chi connectivity index (χ0v) is 19.6. The average molecular weight is 468 g/mol. The quantitative estimate of drug-likeness (QED) is 0.186. The first-order valence-corrected chi connectivity index (χ1v) is 11.1. The van der Waals surface area contributed by atoms with E-state index in [-0.39, 0.29) is 23.6 Å². The van der Waals surface area contributed by atoms with E-state index >= 15 is 0 Å². The van der Waals surface area contributed by atoms with E-state index in [0.717, 1.165) is 6.42 Å². The molecule has 0 radical (unpaired) electrons. The molecular formula is C25H29N3O6. The van der Waals surface area contributed by atoms with Gasteiger partial charge in [-0.05, 0) is 63.3 Å². The Morgan fingerprint density at radius 1 is 1.18 bits per heavy atom. The first kappa shape index (κ1) is 24.9. The van der Waals surface area contributed by atoms with Gasteiger partial charge in [-0.1, -0.05) is 19.1 Å². The van der Waals surface area contributed by atoms with Gasteiger partial charge in [0.05, 0.1) is 23.1 Å². The summed E-state index contributed by atoms with van der Waals surface area (Å²) < 4.78 is 5.57. The summed E-state index contributed by atoms with van der Waals surface area (Å²) in [5.41, 5.74) is 0.500. The molecule has 0 bridgehead atoms. The zero-order valence-electron chi connectivity index (χ0n) is 19.6. The predicted molar refractivity (Wildman–Crippen MR) is 128 cm³/mol. The second kappa shape index (κ2) is 10.9. The molecule has 1 aliphatic heterocycles. The van der Waals surface area contributed by atoms with E-state index < -0.39 is 22.7 Å². The Morgan fingerprint density at radius 3 is 2.50 bits per heavy atom. The van der Waals surface area contributed by atoms with Crippen LogP contribution >= 0.6 is 0 Å². The lowest BCUT2D eigenvalue weighted by atomic mass is 9.95. The molecule has 2 aromatic carbocycles. The van der Waals surface area contributed by atoms with Gasteiger partial charge < -0.3 is 19.6 Å². The largest absolute Gasteiger partial charge is 0.507 e. The number of nitrogens with zero attached hydrogens (tertiary/aromatic N) is 3. The molecule has 9 nitrogen and oxygen atoms in total. The molecular weight excluding hydrogens is 438 g/mol. The number of amides is 1. The highest BCUT2D eigenvalue weighted by Crippen LogP contribution is 2.40. The zero-order chi connectivity index (χ0) is 24.8. The van der Waals surface area contributed by atoms with Crippen molar-refractivity contribution in [1.29, 1.82) is 0 Å². The van der Waals surface area contributed by atoms with Crippen LogP contribution in [0.1, 0.15) is 36.9 Å². The van der Waals surface area contributed by atoms with Crippen molar-refractivity contribution in [1.82, 2.24) is 9.80 Å². The van der Waals surface area contributed by atoms with Gasteiger partial charge in [0.2, 0.25) is 0 Å². The van der Waals surface area contributed by atoms with E-state index in [4.69, 9.17) is 4.74 Å². The van der Waals surface area contributed by atoms with Gasteiger partial charge in [-0.15, -0.1) is 0 Å². The molecule has 0 spiro atoms. The van der Waals surface area contributed by atoms with Gasteiger partial charge in [-0.2, -0.15) is 0 Å². The number of aliphatic hydroxyl groups excluding tert-OH is 1. The lowest BCUT2D eigenvalue weighted by Crippen LogP contribution is -2.32. The van der Waals surface area contributed by atoms with E-state index in [9.17, 15) is 24.8 Å². The normalized spacial score (nSPS) is 17.4. The highest BCUT2D eigenvalue weighted by Gasteiger charge is 2.46. The van der Waals surface area contributed by atoms with E-state index in [2.05, 4.69) is 0 Å². The van der Waals surface area contributed by atoms with Gasteiger partial charge in [0.15, 0.2) is 0 Å². The number of nitro groups is 1. The number of ether oxygens (including phenoxy) is 1. The lowest BCUT2D eigenvalue weighted by Gasteiger charge is -2.25. The fourth-order valence-corrected chi connectivity index (χ4v) is 3.91. The summed E-state index contributed by atoms with van der Waals surface area (Å²) in [6.45, 7) is 3.49. The monoisotopic (exact) mass is 467 g/mol. The Morgan fingerprint density at radius 2 is 1.88 bits per heavy atom. The molecule has 0 aliphatic carbocycles. The number of non-ortho nitro benzene ring substituents is 1. The Hall–Kier alpha value is -3.72. The van der Waals surface area contributed by atoms with Crippen LogP contribution in [0.3, 0.4) is 0 Å². The van der Waals surface area contributed by atoms with Gasteiger partial charge >= 0.3 is 0 Å². The number of carbonyl (C=O) groups is 2. The Kier molecular flexibility index (Phi) is 8.01. The molecule has 1 fully saturated rings. The first-order chi connectivity index (χ1) is 16.2. The highest BCUT2D eigenvalue weighted by molar-refractivity contribution is 6.46. The van der Waals surface area contributed by atoms with Crippen molar-refractivity contribution < 1.29 is 24.4 Å². The van der Waals surface area contributed by atoms with Gasteiger partial charge in [0.1, 0.15) is 11.5 Å².